The molecule has 3 fully saturated rings. The van der Waals surface area contributed by atoms with E-state index in [0.717, 1.165) is 17.7 Å². The highest BCUT2D eigenvalue weighted by Crippen LogP contribution is 2.44. The Hall–Kier alpha value is -0.700. The number of carbonyl (C=O) groups is 1. The van der Waals surface area contributed by atoms with Gasteiger partial charge >= 0.3 is 5.97 Å². The van der Waals surface area contributed by atoms with Gasteiger partial charge in [0.15, 0.2) is 0 Å². The van der Waals surface area contributed by atoms with Crippen LogP contribution in [-0.4, -0.2) is 15.9 Å². The molecule has 0 unspecified atom stereocenters. The molecule has 0 aliphatic heterocycles. The molecule has 2 nitrogen and oxygen atoms in total. The van der Waals surface area contributed by atoms with Crippen LogP contribution in [0.3, 0.4) is 0 Å². The lowest BCUT2D eigenvalue weighted by molar-refractivity contribution is -0.132. The third kappa shape index (κ3) is 3.29. The number of carboxylic acids is 1. The maximum absolute atomic E-state index is 12.1. The Morgan fingerprint density at radius 3 is 1.45 bits per heavy atom. The van der Waals surface area contributed by atoms with Gasteiger partial charge < -0.3 is 5.11 Å². The summed E-state index contributed by atoms with van der Waals surface area (Å²) in [6.45, 7) is 0. The molecule has 0 heterocycles. The first-order chi connectivity index (χ1) is 10.7. The van der Waals surface area contributed by atoms with Gasteiger partial charge in [-0.1, -0.05) is 50.7 Å². The maximum atomic E-state index is 12.1. The quantitative estimate of drug-likeness (QED) is 0.551. The summed E-state index contributed by atoms with van der Waals surface area (Å²) in [5.41, 5.74) is 1.85. The molecule has 3 heteroatoms. The number of allylic oxidation sites excluding steroid dienone is 1. The van der Waals surface area contributed by atoms with Gasteiger partial charge in [0.1, 0.15) is 0 Å². The van der Waals surface area contributed by atoms with Crippen LogP contribution in [0.2, 0.25) is 0 Å². The van der Waals surface area contributed by atoms with E-state index in [1.165, 1.54) is 69.8 Å². The van der Waals surface area contributed by atoms with E-state index in [1.54, 1.807) is 0 Å². The van der Waals surface area contributed by atoms with Crippen molar-refractivity contribution in [2.45, 2.75) is 77.0 Å². The standard InChI is InChI=1S/C19H28O2S/c20-19(21)17(18(22)15-11-5-6-12-15)16(13-7-1-2-8-13)14-9-3-4-10-14/h13-15H,1-12H2,(H,20,21). The van der Waals surface area contributed by atoms with Gasteiger partial charge in [0.25, 0.3) is 0 Å². The number of thiocarbonyl (C=S) groups is 1. The molecule has 0 aromatic heterocycles. The minimum atomic E-state index is -0.745. The molecule has 3 aliphatic rings. The lowest BCUT2D eigenvalue weighted by Gasteiger charge is -2.26. The Morgan fingerprint density at radius 2 is 1.09 bits per heavy atom. The summed E-state index contributed by atoms with van der Waals surface area (Å²) < 4.78 is 0. The zero-order valence-electron chi connectivity index (χ0n) is 13.5. The summed E-state index contributed by atoms with van der Waals surface area (Å²) in [6.07, 6.45) is 14.3. The van der Waals surface area contributed by atoms with Crippen molar-refractivity contribution >= 4 is 23.1 Å². The zero-order chi connectivity index (χ0) is 15.5. The molecular weight excluding hydrogens is 292 g/mol. The van der Waals surface area contributed by atoms with E-state index in [0.29, 0.717) is 23.3 Å². The van der Waals surface area contributed by atoms with Crippen LogP contribution in [0.5, 0.6) is 0 Å². The van der Waals surface area contributed by atoms with Gasteiger partial charge in [0, 0.05) is 4.86 Å². The van der Waals surface area contributed by atoms with Crippen molar-refractivity contribution < 1.29 is 9.90 Å². The Bertz CT molecular complexity index is 444. The monoisotopic (exact) mass is 320 g/mol. The van der Waals surface area contributed by atoms with Gasteiger partial charge in [-0.05, 0) is 61.9 Å². The molecule has 3 rings (SSSR count). The zero-order valence-corrected chi connectivity index (χ0v) is 14.3. The molecular formula is C19H28O2S. The molecule has 1 N–H and O–H groups in total. The lowest BCUT2D eigenvalue weighted by atomic mass is 9.79. The van der Waals surface area contributed by atoms with Gasteiger partial charge in [-0.2, -0.15) is 0 Å². The van der Waals surface area contributed by atoms with Crippen molar-refractivity contribution in [1.82, 2.24) is 0 Å². The Balaban J connectivity index is 1.97. The maximum Gasteiger partial charge on any atom is 0.336 e. The second kappa shape index (κ2) is 7.25. The molecule has 0 aromatic carbocycles. The van der Waals surface area contributed by atoms with Gasteiger partial charge in [-0.15, -0.1) is 0 Å². The van der Waals surface area contributed by atoms with Crippen LogP contribution >= 0.6 is 12.2 Å². The summed E-state index contributed by atoms with van der Waals surface area (Å²) in [7, 11) is 0. The van der Waals surface area contributed by atoms with E-state index in [2.05, 4.69) is 0 Å². The van der Waals surface area contributed by atoms with Crippen molar-refractivity contribution in [1.29, 1.82) is 0 Å². The largest absolute Gasteiger partial charge is 0.478 e. The predicted octanol–water partition coefficient (Wildman–Crippen LogP) is 5.31. The van der Waals surface area contributed by atoms with E-state index in [1.807, 2.05) is 0 Å². The number of rotatable bonds is 5. The smallest absolute Gasteiger partial charge is 0.336 e. The molecule has 122 valence electrons. The van der Waals surface area contributed by atoms with Gasteiger partial charge in [0.2, 0.25) is 0 Å². The molecule has 3 aliphatic carbocycles. The van der Waals surface area contributed by atoms with Crippen LogP contribution in [0, 0.1) is 17.8 Å². The van der Waals surface area contributed by atoms with Crippen molar-refractivity contribution in [3.05, 3.63) is 11.1 Å². The van der Waals surface area contributed by atoms with E-state index >= 15 is 0 Å². The van der Waals surface area contributed by atoms with Crippen LogP contribution < -0.4 is 0 Å². The van der Waals surface area contributed by atoms with E-state index < -0.39 is 5.97 Å². The van der Waals surface area contributed by atoms with Gasteiger partial charge in [-0.25, -0.2) is 4.79 Å². The van der Waals surface area contributed by atoms with Crippen LogP contribution in [0.15, 0.2) is 11.1 Å². The predicted molar refractivity (Wildman–Crippen MR) is 93.1 cm³/mol. The van der Waals surface area contributed by atoms with Crippen molar-refractivity contribution in [2.24, 2.45) is 17.8 Å². The molecule has 0 spiro atoms. The Morgan fingerprint density at radius 1 is 0.727 bits per heavy atom. The van der Waals surface area contributed by atoms with Crippen molar-refractivity contribution in [3.8, 4) is 0 Å². The number of aliphatic carboxylic acids is 1. The third-order valence-electron chi connectivity index (χ3n) is 6.06. The molecule has 0 amide bonds. The van der Waals surface area contributed by atoms with E-state index in [9.17, 15) is 9.90 Å². The summed E-state index contributed by atoms with van der Waals surface area (Å²) >= 11 is 5.72. The minimum absolute atomic E-state index is 0.346. The average Bonchev–Trinajstić information content (AvgIpc) is 3.27. The topological polar surface area (TPSA) is 37.3 Å². The lowest BCUT2D eigenvalue weighted by Crippen LogP contribution is -2.24. The number of carboxylic acid groups (broad SMARTS) is 1. The minimum Gasteiger partial charge on any atom is -0.478 e. The highest BCUT2D eigenvalue weighted by atomic mass is 32.1. The highest BCUT2D eigenvalue weighted by molar-refractivity contribution is 7.81. The van der Waals surface area contributed by atoms with Crippen molar-refractivity contribution in [2.75, 3.05) is 0 Å². The fourth-order valence-corrected chi connectivity index (χ4v) is 5.42. The van der Waals surface area contributed by atoms with E-state index in [4.69, 9.17) is 12.2 Å². The van der Waals surface area contributed by atoms with Gasteiger partial charge in [0.05, 0.1) is 5.57 Å². The average molecular weight is 320 g/mol. The second-order valence-corrected chi connectivity index (χ2v) is 7.88. The molecule has 0 radical (unpaired) electrons. The highest BCUT2D eigenvalue weighted by Gasteiger charge is 2.35. The first-order valence-electron chi connectivity index (χ1n) is 9.20. The third-order valence-corrected chi connectivity index (χ3v) is 6.60. The van der Waals surface area contributed by atoms with Crippen molar-refractivity contribution in [3.63, 3.8) is 0 Å². The van der Waals surface area contributed by atoms with Crippen LogP contribution in [0.1, 0.15) is 77.0 Å². The number of hydrogen-bond acceptors (Lipinski definition) is 2. The second-order valence-electron chi connectivity index (χ2n) is 7.44. The molecule has 22 heavy (non-hydrogen) atoms. The fraction of sp³-hybridized carbons (Fsp3) is 0.789. The summed E-state index contributed by atoms with van der Waals surface area (Å²) in [4.78, 5) is 12.9. The molecule has 0 atom stereocenters. The molecule has 3 saturated carbocycles. The first-order valence-corrected chi connectivity index (χ1v) is 9.61. The molecule has 0 aromatic rings. The van der Waals surface area contributed by atoms with Crippen LogP contribution in [-0.2, 0) is 4.79 Å². The summed E-state index contributed by atoms with van der Waals surface area (Å²) in [5.74, 6) is 0.590. The van der Waals surface area contributed by atoms with Crippen LogP contribution in [0.25, 0.3) is 0 Å². The summed E-state index contributed by atoms with van der Waals surface area (Å²) in [6, 6.07) is 0. The fourth-order valence-electron chi connectivity index (χ4n) is 4.98. The molecule has 0 saturated heterocycles. The normalized spacial score (nSPS) is 24.0. The number of hydrogen-bond donors (Lipinski definition) is 1. The van der Waals surface area contributed by atoms with E-state index in [-0.39, 0.29) is 0 Å². The Labute approximate surface area is 139 Å². The van der Waals surface area contributed by atoms with Crippen LogP contribution in [0.4, 0.5) is 0 Å². The Kier molecular flexibility index (Phi) is 5.33. The SMILES string of the molecule is O=C(O)C(C(=S)C1CCCC1)=C(C1CCCC1)C1CCCC1. The first kappa shape index (κ1) is 16.2. The molecule has 0 bridgehead atoms. The summed E-state index contributed by atoms with van der Waals surface area (Å²) in [5, 5.41) is 9.95. The van der Waals surface area contributed by atoms with Gasteiger partial charge in [-0.3, -0.25) is 0 Å².